The molecule has 1 aromatic carbocycles. The number of ether oxygens (including phenoxy) is 1. The predicted molar refractivity (Wildman–Crippen MR) is 100 cm³/mol. The van der Waals surface area contributed by atoms with Gasteiger partial charge >= 0.3 is 0 Å². The standard InChI is InChI=1S/C22H34O3/c1-2-17-8-9-18(12-21(17)23)19-10-11-20(22(24)13-19)15-25-14-16-6-4-3-5-7-16/h3-7,17-24H,2,8-15H2,1H3. The molecule has 0 saturated heterocycles. The maximum absolute atomic E-state index is 10.6. The zero-order valence-electron chi connectivity index (χ0n) is 15.5. The van der Waals surface area contributed by atoms with Gasteiger partial charge in [0.25, 0.3) is 0 Å². The fourth-order valence-electron chi connectivity index (χ4n) is 4.91. The highest BCUT2D eigenvalue weighted by Crippen LogP contribution is 2.42. The van der Waals surface area contributed by atoms with E-state index in [1.165, 1.54) is 18.4 Å². The quantitative estimate of drug-likeness (QED) is 0.813. The van der Waals surface area contributed by atoms with Crippen LogP contribution in [0.2, 0.25) is 0 Å². The van der Waals surface area contributed by atoms with Crippen LogP contribution in [0, 0.1) is 23.7 Å². The molecular formula is C22H34O3. The van der Waals surface area contributed by atoms with Gasteiger partial charge in [-0.05, 0) is 61.8 Å². The van der Waals surface area contributed by atoms with E-state index in [0.29, 0.717) is 31.0 Å². The van der Waals surface area contributed by atoms with E-state index < -0.39 is 0 Å². The normalized spacial score (nSPS) is 36.3. The van der Waals surface area contributed by atoms with Crippen molar-refractivity contribution in [2.24, 2.45) is 23.7 Å². The Hall–Kier alpha value is -0.900. The summed E-state index contributed by atoms with van der Waals surface area (Å²) in [6.07, 6.45) is 7.11. The lowest BCUT2D eigenvalue weighted by Crippen LogP contribution is -2.38. The number of rotatable bonds is 6. The first-order valence-corrected chi connectivity index (χ1v) is 10.1. The van der Waals surface area contributed by atoms with Gasteiger partial charge in [0.15, 0.2) is 0 Å². The molecule has 0 radical (unpaired) electrons. The first-order valence-electron chi connectivity index (χ1n) is 10.1. The van der Waals surface area contributed by atoms with Gasteiger partial charge in [-0.15, -0.1) is 0 Å². The van der Waals surface area contributed by atoms with Crippen LogP contribution in [0.25, 0.3) is 0 Å². The summed E-state index contributed by atoms with van der Waals surface area (Å²) >= 11 is 0. The van der Waals surface area contributed by atoms with Gasteiger partial charge in [0.2, 0.25) is 0 Å². The molecule has 2 fully saturated rings. The van der Waals surface area contributed by atoms with Crippen molar-refractivity contribution in [2.45, 2.75) is 70.7 Å². The van der Waals surface area contributed by atoms with Gasteiger partial charge < -0.3 is 14.9 Å². The van der Waals surface area contributed by atoms with E-state index in [9.17, 15) is 10.2 Å². The molecular weight excluding hydrogens is 312 g/mol. The van der Waals surface area contributed by atoms with E-state index in [1.807, 2.05) is 18.2 Å². The van der Waals surface area contributed by atoms with Crippen LogP contribution in [0.4, 0.5) is 0 Å². The largest absolute Gasteiger partial charge is 0.393 e. The maximum atomic E-state index is 10.6. The molecule has 0 bridgehead atoms. The molecule has 0 amide bonds. The molecule has 3 nitrogen and oxygen atoms in total. The van der Waals surface area contributed by atoms with Crippen molar-refractivity contribution >= 4 is 0 Å². The first kappa shape index (κ1) is 18.9. The molecule has 2 N–H and O–H groups in total. The Morgan fingerprint density at radius 1 is 0.880 bits per heavy atom. The van der Waals surface area contributed by atoms with Crippen LogP contribution >= 0.6 is 0 Å². The first-order chi connectivity index (χ1) is 12.2. The molecule has 0 heterocycles. The van der Waals surface area contributed by atoms with Crippen molar-refractivity contribution in [1.82, 2.24) is 0 Å². The van der Waals surface area contributed by atoms with Crippen LogP contribution in [-0.4, -0.2) is 29.0 Å². The van der Waals surface area contributed by atoms with E-state index in [1.54, 1.807) is 0 Å². The Kier molecular flexibility index (Phi) is 6.92. The van der Waals surface area contributed by atoms with Gasteiger partial charge in [0.05, 0.1) is 25.4 Å². The van der Waals surface area contributed by atoms with Crippen molar-refractivity contribution < 1.29 is 14.9 Å². The Morgan fingerprint density at radius 2 is 1.48 bits per heavy atom. The average molecular weight is 347 g/mol. The van der Waals surface area contributed by atoms with Crippen molar-refractivity contribution in [1.29, 1.82) is 0 Å². The van der Waals surface area contributed by atoms with Gasteiger partial charge in [-0.3, -0.25) is 0 Å². The molecule has 140 valence electrons. The van der Waals surface area contributed by atoms with E-state index in [-0.39, 0.29) is 18.1 Å². The monoisotopic (exact) mass is 346 g/mol. The molecule has 3 heteroatoms. The third-order valence-corrected chi connectivity index (χ3v) is 6.63. The Balaban J connectivity index is 1.41. The molecule has 2 aliphatic carbocycles. The van der Waals surface area contributed by atoms with Crippen molar-refractivity contribution in [3.05, 3.63) is 35.9 Å². The van der Waals surface area contributed by atoms with E-state index in [4.69, 9.17) is 4.74 Å². The van der Waals surface area contributed by atoms with Crippen molar-refractivity contribution in [3.63, 3.8) is 0 Å². The van der Waals surface area contributed by atoms with Gasteiger partial charge in [-0.2, -0.15) is 0 Å². The van der Waals surface area contributed by atoms with E-state index in [0.717, 1.165) is 32.1 Å². The molecule has 2 aliphatic rings. The summed E-state index contributed by atoms with van der Waals surface area (Å²) in [5.74, 6) is 1.92. The molecule has 6 unspecified atom stereocenters. The molecule has 25 heavy (non-hydrogen) atoms. The smallest absolute Gasteiger partial charge is 0.0717 e. The average Bonchev–Trinajstić information content (AvgIpc) is 2.64. The fourth-order valence-corrected chi connectivity index (χ4v) is 4.91. The van der Waals surface area contributed by atoms with Gasteiger partial charge in [0, 0.05) is 5.92 Å². The Labute approximate surface area is 152 Å². The summed E-state index contributed by atoms with van der Waals surface area (Å²) in [5.41, 5.74) is 1.19. The fraction of sp³-hybridized carbons (Fsp3) is 0.727. The molecule has 0 aromatic heterocycles. The highest BCUT2D eigenvalue weighted by Gasteiger charge is 2.37. The zero-order valence-corrected chi connectivity index (χ0v) is 15.5. The Bertz CT molecular complexity index is 503. The number of benzene rings is 1. The third kappa shape index (κ3) is 5.06. The minimum absolute atomic E-state index is 0.132. The molecule has 6 atom stereocenters. The van der Waals surface area contributed by atoms with Crippen molar-refractivity contribution in [3.8, 4) is 0 Å². The van der Waals surface area contributed by atoms with Crippen LogP contribution in [0.3, 0.4) is 0 Å². The minimum Gasteiger partial charge on any atom is -0.393 e. The van der Waals surface area contributed by atoms with Gasteiger partial charge in [-0.1, -0.05) is 43.7 Å². The highest BCUT2D eigenvalue weighted by molar-refractivity contribution is 5.13. The van der Waals surface area contributed by atoms with Crippen molar-refractivity contribution in [2.75, 3.05) is 6.61 Å². The summed E-state index contributed by atoms with van der Waals surface area (Å²) in [7, 11) is 0. The summed E-state index contributed by atoms with van der Waals surface area (Å²) in [5, 5.41) is 20.9. The van der Waals surface area contributed by atoms with Crippen LogP contribution in [0.15, 0.2) is 30.3 Å². The molecule has 3 rings (SSSR count). The molecule has 0 aliphatic heterocycles. The number of hydrogen-bond donors (Lipinski definition) is 2. The second kappa shape index (κ2) is 9.16. The highest BCUT2D eigenvalue weighted by atomic mass is 16.5. The lowest BCUT2D eigenvalue weighted by atomic mass is 9.67. The molecule has 2 saturated carbocycles. The second-order valence-corrected chi connectivity index (χ2v) is 8.21. The lowest BCUT2D eigenvalue weighted by Gasteiger charge is -2.41. The summed E-state index contributed by atoms with van der Waals surface area (Å²) in [4.78, 5) is 0. The summed E-state index contributed by atoms with van der Waals surface area (Å²) in [6.45, 7) is 3.45. The van der Waals surface area contributed by atoms with Crippen LogP contribution in [0.5, 0.6) is 0 Å². The number of aliphatic hydroxyl groups excluding tert-OH is 2. The second-order valence-electron chi connectivity index (χ2n) is 8.21. The van der Waals surface area contributed by atoms with Gasteiger partial charge in [-0.25, -0.2) is 0 Å². The number of hydrogen-bond acceptors (Lipinski definition) is 3. The molecule has 1 aromatic rings. The van der Waals surface area contributed by atoms with E-state index >= 15 is 0 Å². The molecule has 0 spiro atoms. The van der Waals surface area contributed by atoms with Crippen LogP contribution < -0.4 is 0 Å². The summed E-state index contributed by atoms with van der Waals surface area (Å²) < 4.78 is 5.86. The SMILES string of the molecule is CCC1CCC(C2CCC(COCc3ccccc3)C(O)C2)CC1O. The van der Waals surface area contributed by atoms with Crippen LogP contribution in [0.1, 0.15) is 57.4 Å². The minimum atomic E-state index is -0.254. The lowest BCUT2D eigenvalue weighted by molar-refractivity contribution is -0.0388. The zero-order chi connectivity index (χ0) is 17.6. The third-order valence-electron chi connectivity index (χ3n) is 6.63. The van der Waals surface area contributed by atoms with E-state index in [2.05, 4.69) is 19.1 Å². The Morgan fingerprint density at radius 3 is 2.04 bits per heavy atom. The topological polar surface area (TPSA) is 49.7 Å². The van der Waals surface area contributed by atoms with Gasteiger partial charge in [0.1, 0.15) is 0 Å². The maximum Gasteiger partial charge on any atom is 0.0717 e. The predicted octanol–water partition coefficient (Wildman–Crippen LogP) is 4.17. The van der Waals surface area contributed by atoms with Crippen LogP contribution in [-0.2, 0) is 11.3 Å². The number of aliphatic hydroxyl groups is 2. The summed E-state index contributed by atoms with van der Waals surface area (Å²) in [6, 6.07) is 10.2.